The van der Waals surface area contributed by atoms with Crippen molar-refractivity contribution in [1.29, 1.82) is 5.26 Å². The molecule has 0 aliphatic carbocycles. The van der Waals surface area contributed by atoms with Crippen molar-refractivity contribution < 1.29 is 4.74 Å². The molecule has 1 aromatic heterocycles. The normalized spacial score (nSPS) is 9.65. The third kappa shape index (κ3) is 2.37. The Morgan fingerprint density at radius 3 is 3.00 bits per heavy atom. The first-order valence-corrected chi connectivity index (χ1v) is 5.14. The molecule has 0 amide bonds. The smallest absolute Gasteiger partial charge is 0.143 e. The quantitative estimate of drug-likeness (QED) is 0.838. The van der Waals surface area contributed by atoms with Gasteiger partial charge in [0.2, 0.25) is 0 Å². The van der Waals surface area contributed by atoms with Crippen LogP contribution >= 0.6 is 0 Å². The maximum absolute atomic E-state index is 9.03. The van der Waals surface area contributed by atoms with Crippen molar-refractivity contribution in [2.45, 2.75) is 6.54 Å². The van der Waals surface area contributed by atoms with E-state index < -0.39 is 0 Å². The van der Waals surface area contributed by atoms with Crippen molar-refractivity contribution in [1.82, 2.24) is 10.2 Å². The molecule has 17 heavy (non-hydrogen) atoms. The molecule has 2 rings (SSSR count). The number of nitrogens with zero attached hydrogens (tertiary/aromatic N) is 2. The second kappa shape index (κ2) is 5.03. The molecule has 0 radical (unpaired) electrons. The van der Waals surface area contributed by atoms with E-state index in [9.17, 15) is 0 Å². The van der Waals surface area contributed by atoms with Crippen molar-refractivity contribution in [3.63, 3.8) is 0 Å². The van der Waals surface area contributed by atoms with Crippen molar-refractivity contribution in [3.05, 3.63) is 41.7 Å². The molecule has 1 heterocycles. The number of H-pyrrole nitrogens is 1. The van der Waals surface area contributed by atoms with Crippen molar-refractivity contribution >= 4 is 5.69 Å². The van der Waals surface area contributed by atoms with Crippen LogP contribution in [0.4, 0.5) is 5.69 Å². The molecule has 5 heteroatoms. The highest BCUT2D eigenvalue weighted by atomic mass is 16.5. The Kier molecular flexibility index (Phi) is 3.26. The summed E-state index contributed by atoms with van der Waals surface area (Å²) in [5, 5.41) is 18.9. The van der Waals surface area contributed by atoms with Gasteiger partial charge in [0.15, 0.2) is 0 Å². The number of nitrogens with one attached hydrogen (secondary N) is 2. The highest BCUT2D eigenvalue weighted by Gasteiger charge is 2.08. The number of para-hydroxylation sites is 1. The van der Waals surface area contributed by atoms with Crippen LogP contribution in [0.25, 0.3) is 0 Å². The average molecular weight is 228 g/mol. The van der Waals surface area contributed by atoms with E-state index in [1.54, 1.807) is 25.4 Å². The van der Waals surface area contributed by atoms with Crippen LogP contribution in [0.3, 0.4) is 0 Å². The van der Waals surface area contributed by atoms with Crippen molar-refractivity contribution in [3.8, 4) is 11.8 Å². The predicted octanol–water partition coefficient (Wildman–Crippen LogP) is 1.90. The molecule has 86 valence electrons. The fraction of sp³-hybridized carbons (Fsp3) is 0.167. The van der Waals surface area contributed by atoms with Crippen LogP contribution in [0.2, 0.25) is 0 Å². The molecule has 0 bridgehead atoms. The molecule has 0 spiro atoms. The first-order chi connectivity index (χ1) is 8.35. The van der Waals surface area contributed by atoms with Gasteiger partial charge in [-0.2, -0.15) is 10.4 Å². The number of ether oxygens (including phenoxy) is 1. The van der Waals surface area contributed by atoms with Gasteiger partial charge in [-0.3, -0.25) is 5.10 Å². The Labute approximate surface area is 99.0 Å². The predicted molar refractivity (Wildman–Crippen MR) is 63.6 cm³/mol. The number of methoxy groups -OCH3 is 1. The molecule has 2 N–H and O–H groups in total. The van der Waals surface area contributed by atoms with Crippen LogP contribution in [0.1, 0.15) is 11.3 Å². The number of hydrogen-bond acceptors (Lipinski definition) is 4. The Morgan fingerprint density at radius 1 is 1.47 bits per heavy atom. The Balaban J connectivity index is 2.22. The topological polar surface area (TPSA) is 73.7 Å². The molecule has 2 aromatic rings. The van der Waals surface area contributed by atoms with Gasteiger partial charge in [0.1, 0.15) is 11.8 Å². The maximum Gasteiger partial charge on any atom is 0.143 e. The van der Waals surface area contributed by atoms with Crippen molar-refractivity contribution in [2.75, 3.05) is 12.4 Å². The standard InChI is InChI=1S/C12H12N4O/c1-17-11-4-2-3-9(7-13)12(11)14-8-10-5-6-15-16-10/h2-6,14H,8H2,1H3,(H,15,16). The average Bonchev–Trinajstić information content (AvgIpc) is 2.88. The van der Waals surface area contributed by atoms with Crippen LogP contribution in [0.15, 0.2) is 30.5 Å². The highest BCUT2D eigenvalue weighted by Crippen LogP contribution is 2.28. The van der Waals surface area contributed by atoms with Crippen LogP contribution in [-0.4, -0.2) is 17.3 Å². The number of aromatic amines is 1. The summed E-state index contributed by atoms with van der Waals surface area (Å²) in [6, 6.07) is 9.36. The molecule has 0 aliphatic rings. The lowest BCUT2D eigenvalue weighted by Crippen LogP contribution is -2.03. The minimum Gasteiger partial charge on any atom is -0.495 e. The van der Waals surface area contributed by atoms with Gasteiger partial charge in [0.05, 0.1) is 30.6 Å². The van der Waals surface area contributed by atoms with E-state index in [1.165, 1.54) is 0 Å². The van der Waals surface area contributed by atoms with Gasteiger partial charge in [-0.05, 0) is 18.2 Å². The van der Waals surface area contributed by atoms with E-state index in [-0.39, 0.29) is 0 Å². The molecule has 5 nitrogen and oxygen atoms in total. The largest absolute Gasteiger partial charge is 0.495 e. The summed E-state index contributed by atoms with van der Waals surface area (Å²) in [7, 11) is 1.58. The van der Waals surface area contributed by atoms with E-state index >= 15 is 0 Å². The molecule has 0 saturated carbocycles. The van der Waals surface area contributed by atoms with Crippen LogP contribution in [0.5, 0.6) is 5.75 Å². The zero-order chi connectivity index (χ0) is 12.1. The van der Waals surface area contributed by atoms with E-state index in [0.29, 0.717) is 23.5 Å². The van der Waals surface area contributed by atoms with Gasteiger partial charge in [-0.15, -0.1) is 0 Å². The number of nitriles is 1. The zero-order valence-corrected chi connectivity index (χ0v) is 9.40. The fourth-order valence-electron chi connectivity index (χ4n) is 1.54. The minimum atomic E-state index is 0.559. The summed E-state index contributed by atoms with van der Waals surface area (Å²) >= 11 is 0. The van der Waals surface area contributed by atoms with Gasteiger partial charge in [0.25, 0.3) is 0 Å². The van der Waals surface area contributed by atoms with Crippen LogP contribution in [-0.2, 0) is 6.54 Å². The van der Waals surface area contributed by atoms with Crippen molar-refractivity contribution in [2.24, 2.45) is 0 Å². The van der Waals surface area contributed by atoms with Crippen LogP contribution < -0.4 is 10.1 Å². The van der Waals surface area contributed by atoms with E-state index in [4.69, 9.17) is 10.00 Å². The lowest BCUT2D eigenvalue weighted by atomic mass is 10.1. The minimum absolute atomic E-state index is 0.559. The molecule has 0 unspecified atom stereocenters. The third-order valence-corrected chi connectivity index (χ3v) is 2.38. The summed E-state index contributed by atoms with van der Waals surface area (Å²) in [4.78, 5) is 0. The monoisotopic (exact) mass is 228 g/mol. The molecule has 0 fully saturated rings. The molecule has 0 saturated heterocycles. The first kappa shape index (κ1) is 11.0. The van der Waals surface area contributed by atoms with Gasteiger partial charge >= 0.3 is 0 Å². The van der Waals surface area contributed by atoms with Gasteiger partial charge in [-0.1, -0.05) is 6.07 Å². The summed E-state index contributed by atoms with van der Waals surface area (Å²) < 4.78 is 5.22. The number of benzene rings is 1. The molecule has 0 aliphatic heterocycles. The van der Waals surface area contributed by atoms with Gasteiger partial charge in [0, 0.05) is 6.20 Å². The fourth-order valence-corrected chi connectivity index (χ4v) is 1.54. The lowest BCUT2D eigenvalue weighted by molar-refractivity contribution is 0.416. The van der Waals surface area contributed by atoms with E-state index in [1.807, 2.05) is 12.1 Å². The number of rotatable bonds is 4. The Hall–Kier alpha value is -2.48. The maximum atomic E-state index is 9.03. The second-order valence-electron chi connectivity index (χ2n) is 3.43. The Bertz CT molecular complexity index is 528. The van der Waals surface area contributed by atoms with Gasteiger partial charge < -0.3 is 10.1 Å². The third-order valence-electron chi connectivity index (χ3n) is 2.38. The van der Waals surface area contributed by atoms with Crippen LogP contribution in [0, 0.1) is 11.3 Å². The second-order valence-corrected chi connectivity index (χ2v) is 3.43. The van der Waals surface area contributed by atoms with E-state index in [0.717, 1.165) is 5.69 Å². The molecular weight excluding hydrogens is 216 g/mol. The van der Waals surface area contributed by atoms with Gasteiger partial charge in [-0.25, -0.2) is 0 Å². The Morgan fingerprint density at radius 2 is 2.35 bits per heavy atom. The first-order valence-electron chi connectivity index (χ1n) is 5.14. The highest BCUT2D eigenvalue weighted by molar-refractivity contribution is 5.66. The number of hydrogen-bond donors (Lipinski definition) is 2. The zero-order valence-electron chi connectivity index (χ0n) is 9.40. The molecule has 0 atom stereocenters. The summed E-state index contributed by atoms with van der Waals surface area (Å²) in [6.07, 6.45) is 1.68. The molecule has 1 aromatic carbocycles. The van der Waals surface area contributed by atoms with E-state index in [2.05, 4.69) is 21.6 Å². The molecular formula is C12H12N4O. The summed E-state index contributed by atoms with van der Waals surface area (Å²) in [5.41, 5.74) is 2.20. The number of aromatic nitrogens is 2. The SMILES string of the molecule is COc1cccc(C#N)c1NCc1ccn[nH]1. The number of anilines is 1. The lowest BCUT2D eigenvalue weighted by Gasteiger charge is -2.11. The summed E-state index contributed by atoms with van der Waals surface area (Å²) in [5.74, 6) is 0.656. The summed E-state index contributed by atoms with van der Waals surface area (Å²) in [6.45, 7) is 0.565.